The quantitative estimate of drug-likeness (QED) is 0.223. The Morgan fingerprint density at radius 3 is 2.24 bits per heavy atom. The van der Waals surface area contributed by atoms with Gasteiger partial charge in [-0.3, -0.25) is 4.79 Å². The van der Waals surface area contributed by atoms with Gasteiger partial charge in [0, 0.05) is 17.7 Å². The Balaban J connectivity index is 1.76. The zero-order valence-electron chi connectivity index (χ0n) is 19.2. The number of ether oxygens (including phenoxy) is 2. The second-order valence-electron chi connectivity index (χ2n) is 8.13. The molecule has 0 bridgehead atoms. The van der Waals surface area contributed by atoms with Crippen LogP contribution in [0.3, 0.4) is 0 Å². The first-order valence-electron chi connectivity index (χ1n) is 11.5. The monoisotopic (exact) mass is 456 g/mol. The van der Waals surface area contributed by atoms with E-state index in [1.807, 2.05) is 0 Å². The third-order valence-corrected chi connectivity index (χ3v) is 5.64. The van der Waals surface area contributed by atoms with E-state index < -0.39 is 5.43 Å². The Bertz CT molecular complexity index is 1130. The third-order valence-electron chi connectivity index (χ3n) is 5.64. The molecule has 0 atom stereocenters. The van der Waals surface area contributed by atoms with Crippen LogP contribution in [0.15, 0.2) is 39.5 Å². The third kappa shape index (κ3) is 5.92. The van der Waals surface area contributed by atoms with Gasteiger partial charge in [0.25, 0.3) is 0 Å². The van der Waals surface area contributed by atoms with E-state index in [1.165, 1.54) is 69.5 Å². The van der Waals surface area contributed by atoms with E-state index in [0.29, 0.717) is 12.2 Å². The normalized spacial score (nSPS) is 11.1. The van der Waals surface area contributed by atoms with Crippen molar-refractivity contribution in [3.63, 3.8) is 0 Å². The zero-order chi connectivity index (χ0) is 23.8. The number of phenolic OH excluding ortho intramolecular Hbond substituents is 3. The van der Waals surface area contributed by atoms with Crippen LogP contribution in [0.2, 0.25) is 0 Å². The van der Waals surface area contributed by atoms with Crippen molar-refractivity contribution in [3.8, 4) is 40.1 Å². The van der Waals surface area contributed by atoms with Gasteiger partial charge >= 0.3 is 0 Å². The van der Waals surface area contributed by atoms with Gasteiger partial charge < -0.3 is 29.2 Å². The maximum absolute atomic E-state index is 12.8. The molecular formula is C26H32O7. The molecule has 0 aliphatic carbocycles. The van der Waals surface area contributed by atoms with E-state index in [-0.39, 0.29) is 45.5 Å². The first kappa shape index (κ1) is 24.3. The van der Waals surface area contributed by atoms with Crippen molar-refractivity contribution < 1.29 is 29.2 Å². The molecule has 0 spiro atoms. The first-order valence-corrected chi connectivity index (χ1v) is 11.5. The highest BCUT2D eigenvalue weighted by molar-refractivity contribution is 5.89. The van der Waals surface area contributed by atoms with Gasteiger partial charge in [0.15, 0.2) is 28.4 Å². The summed E-state index contributed by atoms with van der Waals surface area (Å²) in [4.78, 5) is 12.8. The van der Waals surface area contributed by atoms with Crippen molar-refractivity contribution in [2.45, 2.75) is 58.3 Å². The van der Waals surface area contributed by atoms with Gasteiger partial charge in [0.2, 0.25) is 5.75 Å². The minimum Gasteiger partial charge on any atom is -0.504 e. The molecule has 0 aliphatic rings. The minimum atomic E-state index is -0.462. The van der Waals surface area contributed by atoms with Crippen molar-refractivity contribution >= 4 is 11.0 Å². The van der Waals surface area contributed by atoms with Gasteiger partial charge in [0.1, 0.15) is 16.7 Å². The van der Waals surface area contributed by atoms with Crippen molar-refractivity contribution in [3.05, 3.63) is 40.6 Å². The van der Waals surface area contributed by atoms with Crippen LogP contribution in [0.1, 0.15) is 58.3 Å². The molecule has 3 aromatic rings. The SMILES string of the molecule is CCCCCCCCCCOc1c(OC)cc2oc(-c3ccc(O)c(O)c3)cc(=O)c2c1O. The smallest absolute Gasteiger partial charge is 0.204 e. The molecule has 0 aliphatic heterocycles. The Morgan fingerprint density at radius 2 is 1.58 bits per heavy atom. The molecule has 3 N–H and O–H groups in total. The van der Waals surface area contributed by atoms with Crippen molar-refractivity contribution in [1.82, 2.24) is 0 Å². The van der Waals surface area contributed by atoms with Gasteiger partial charge in [-0.1, -0.05) is 51.9 Å². The number of fused-ring (bicyclic) bond motifs is 1. The lowest BCUT2D eigenvalue weighted by atomic mass is 10.1. The van der Waals surface area contributed by atoms with Crippen molar-refractivity contribution in [2.24, 2.45) is 0 Å². The fourth-order valence-electron chi connectivity index (χ4n) is 3.78. The highest BCUT2D eigenvalue weighted by Crippen LogP contribution is 2.42. The maximum atomic E-state index is 12.8. The number of hydrogen-bond acceptors (Lipinski definition) is 7. The standard InChI is InChI=1S/C26H32O7/c1-3-4-5-6-7-8-9-10-13-32-26-23(31-2)16-22-24(25(26)30)20(29)15-21(33-22)17-11-12-18(27)19(28)14-17/h11-12,14-16,27-28,30H,3-10,13H2,1-2H3. The molecule has 0 amide bonds. The minimum absolute atomic E-state index is 0.00604. The van der Waals surface area contributed by atoms with E-state index in [9.17, 15) is 20.1 Å². The molecule has 178 valence electrons. The van der Waals surface area contributed by atoms with Crippen LogP contribution in [0.5, 0.6) is 28.7 Å². The molecular weight excluding hydrogens is 424 g/mol. The summed E-state index contributed by atoms with van der Waals surface area (Å²) in [6.45, 7) is 2.61. The lowest BCUT2D eigenvalue weighted by Crippen LogP contribution is -2.05. The van der Waals surface area contributed by atoms with Crippen LogP contribution >= 0.6 is 0 Å². The van der Waals surface area contributed by atoms with Gasteiger partial charge in [-0.15, -0.1) is 0 Å². The molecule has 7 nitrogen and oxygen atoms in total. The molecule has 0 unspecified atom stereocenters. The summed E-state index contributed by atoms with van der Waals surface area (Å²) in [7, 11) is 1.45. The van der Waals surface area contributed by atoms with E-state index >= 15 is 0 Å². The highest BCUT2D eigenvalue weighted by Gasteiger charge is 2.20. The van der Waals surface area contributed by atoms with Gasteiger partial charge in [-0.25, -0.2) is 0 Å². The number of phenols is 3. The fourth-order valence-corrected chi connectivity index (χ4v) is 3.78. The van der Waals surface area contributed by atoms with Crippen LogP contribution in [0.25, 0.3) is 22.3 Å². The molecule has 0 saturated carbocycles. The van der Waals surface area contributed by atoms with Gasteiger partial charge in [0.05, 0.1) is 13.7 Å². The van der Waals surface area contributed by atoms with Gasteiger partial charge in [-0.05, 0) is 24.6 Å². The highest BCUT2D eigenvalue weighted by atomic mass is 16.5. The number of benzene rings is 2. The predicted molar refractivity (Wildman–Crippen MR) is 128 cm³/mol. The maximum Gasteiger partial charge on any atom is 0.204 e. The number of rotatable bonds is 12. The van der Waals surface area contributed by atoms with Crippen molar-refractivity contribution in [2.75, 3.05) is 13.7 Å². The Labute approximate surface area is 193 Å². The second-order valence-corrected chi connectivity index (χ2v) is 8.13. The molecule has 0 radical (unpaired) electrons. The summed E-state index contributed by atoms with van der Waals surface area (Å²) in [6.07, 6.45) is 9.31. The molecule has 3 rings (SSSR count). The average molecular weight is 457 g/mol. The number of hydrogen-bond donors (Lipinski definition) is 3. The molecule has 1 aromatic heterocycles. The van der Waals surface area contributed by atoms with E-state index in [4.69, 9.17) is 13.9 Å². The van der Waals surface area contributed by atoms with Crippen LogP contribution < -0.4 is 14.9 Å². The number of unbranched alkanes of at least 4 members (excludes halogenated alkanes) is 7. The molecule has 0 fully saturated rings. The molecule has 2 aromatic carbocycles. The summed E-state index contributed by atoms with van der Waals surface area (Å²) in [5.74, 6) is -0.377. The second kappa shape index (κ2) is 11.5. The van der Waals surface area contributed by atoms with E-state index in [2.05, 4.69) is 6.92 Å². The topological polar surface area (TPSA) is 109 Å². The van der Waals surface area contributed by atoms with Crippen LogP contribution in [-0.4, -0.2) is 29.0 Å². The first-order chi connectivity index (χ1) is 16.0. The lowest BCUT2D eigenvalue weighted by Gasteiger charge is -2.14. The number of aromatic hydroxyl groups is 3. The fraction of sp³-hybridized carbons (Fsp3) is 0.423. The largest absolute Gasteiger partial charge is 0.504 e. The molecule has 33 heavy (non-hydrogen) atoms. The van der Waals surface area contributed by atoms with Crippen molar-refractivity contribution in [1.29, 1.82) is 0 Å². The number of methoxy groups -OCH3 is 1. The van der Waals surface area contributed by atoms with Gasteiger partial charge in [-0.2, -0.15) is 0 Å². The molecule has 0 saturated heterocycles. The van der Waals surface area contributed by atoms with Crippen LogP contribution in [-0.2, 0) is 0 Å². The Morgan fingerprint density at radius 1 is 0.879 bits per heavy atom. The Hall–Kier alpha value is -3.35. The van der Waals surface area contributed by atoms with Crippen LogP contribution in [0.4, 0.5) is 0 Å². The van der Waals surface area contributed by atoms with E-state index in [0.717, 1.165) is 19.3 Å². The average Bonchev–Trinajstić information content (AvgIpc) is 2.80. The molecule has 7 heteroatoms. The zero-order valence-corrected chi connectivity index (χ0v) is 19.2. The molecule has 1 heterocycles. The summed E-state index contributed by atoms with van der Waals surface area (Å²) >= 11 is 0. The summed E-state index contributed by atoms with van der Waals surface area (Å²) < 4.78 is 17.0. The summed E-state index contributed by atoms with van der Waals surface area (Å²) in [5.41, 5.74) is 0.0625. The van der Waals surface area contributed by atoms with E-state index in [1.54, 1.807) is 0 Å². The summed E-state index contributed by atoms with van der Waals surface area (Å²) in [6, 6.07) is 6.83. The Kier molecular flexibility index (Phi) is 8.46. The lowest BCUT2D eigenvalue weighted by molar-refractivity contribution is 0.271. The summed E-state index contributed by atoms with van der Waals surface area (Å²) in [5, 5.41) is 30.0. The predicted octanol–water partition coefficient (Wildman–Crippen LogP) is 6.10. The van der Waals surface area contributed by atoms with Crippen LogP contribution in [0, 0.1) is 0 Å².